The Bertz CT molecular complexity index is 2260. The number of thiophene rings is 1. The first kappa shape index (κ1) is 36.9. The van der Waals surface area contributed by atoms with Crippen LogP contribution in [-0.2, 0) is 25.3 Å². The average molecular weight is 793 g/mol. The van der Waals surface area contributed by atoms with Crippen molar-refractivity contribution >= 4 is 34.1 Å². The molecule has 5 aliphatic rings. The van der Waals surface area contributed by atoms with Gasteiger partial charge in [0.05, 0.1) is 34.7 Å². The number of hydrogen-bond acceptors (Lipinski definition) is 11. The SMILES string of the molecule is CC1N(c2cc(-c3nn(C)c4c3CCC[C@@]43CCCc4sc(N)c(C#N)c43)nc(N3CCNC[C@@H]3C)n2)C(C(F)(F)F)CC12CCCN2C(=O)n1cnc(F)c1. The van der Waals surface area contributed by atoms with Crippen molar-refractivity contribution in [3.05, 3.63) is 51.8 Å². The summed E-state index contributed by atoms with van der Waals surface area (Å²) in [7, 11) is 1.90. The van der Waals surface area contributed by atoms with Crippen LogP contribution in [0, 0.1) is 17.3 Å². The number of imidazole rings is 1. The quantitative estimate of drug-likeness (QED) is 0.254. The van der Waals surface area contributed by atoms with Crippen molar-refractivity contribution < 1.29 is 22.4 Å². The topological polar surface area (TPSA) is 150 Å². The van der Waals surface area contributed by atoms with Crippen LogP contribution in [0.1, 0.15) is 86.1 Å². The molecule has 7 heterocycles. The summed E-state index contributed by atoms with van der Waals surface area (Å²) in [4.78, 5) is 33.3. The summed E-state index contributed by atoms with van der Waals surface area (Å²) < 4.78 is 63.0. The molecule has 56 heavy (non-hydrogen) atoms. The fraction of sp³-hybridized carbons (Fsp3) is 0.579. The Kier molecular flexibility index (Phi) is 8.65. The average Bonchev–Trinajstić information content (AvgIpc) is 3.99. The number of aromatic nitrogens is 6. The molecule has 13 nitrogen and oxygen atoms in total. The molecule has 0 bridgehead atoms. The van der Waals surface area contributed by atoms with E-state index in [-0.39, 0.29) is 24.8 Å². The highest BCUT2D eigenvalue weighted by molar-refractivity contribution is 7.16. The summed E-state index contributed by atoms with van der Waals surface area (Å²) in [5.41, 5.74) is 9.28. The summed E-state index contributed by atoms with van der Waals surface area (Å²) in [6, 6.07) is 0.595. The number of nitrogens with one attached hydrogen (secondary N) is 1. The number of halogens is 4. The zero-order valence-corrected chi connectivity index (χ0v) is 32.4. The monoisotopic (exact) mass is 792 g/mol. The third kappa shape index (κ3) is 5.43. The lowest BCUT2D eigenvalue weighted by Crippen LogP contribution is -2.55. The second-order valence-corrected chi connectivity index (χ2v) is 17.2. The van der Waals surface area contributed by atoms with Crippen LogP contribution in [0.15, 0.2) is 18.6 Å². The molecule has 0 aromatic carbocycles. The number of rotatable bonds is 3. The van der Waals surface area contributed by atoms with Crippen LogP contribution in [0.3, 0.4) is 0 Å². The van der Waals surface area contributed by atoms with Crippen molar-refractivity contribution in [2.45, 2.75) is 107 Å². The van der Waals surface area contributed by atoms with E-state index in [0.717, 1.165) is 70.9 Å². The molecule has 18 heteroatoms. The smallest absolute Gasteiger partial charge is 0.389 e. The lowest BCUT2D eigenvalue weighted by atomic mass is 9.62. The molecule has 0 saturated carbocycles. The molecule has 0 radical (unpaired) electrons. The summed E-state index contributed by atoms with van der Waals surface area (Å²) in [6.07, 6.45) is 2.78. The molecule has 3 saturated heterocycles. The lowest BCUT2D eigenvalue weighted by molar-refractivity contribution is -0.148. The third-order valence-corrected chi connectivity index (χ3v) is 14.3. The van der Waals surface area contributed by atoms with E-state index in [4.69, 9.17) is 20.8 Å². The number of aryl methyl sites for hydroxylation is 2. The first-order valence-electron chi connectivity index (χ1n) is 19.4. The van der Waals surface area contributed by atoms with Crippen molar-refractivity contribution in [2.24, 2.45) is 7.05 Å². The van der Waals surface area contributed by atoms with Gasteiger partial charge in [-0.15, -0.1) is 11.3 Å². The van der Waals surface area contributed by atoms with Crippen molar-refractivity contribution in [3.63, 3.8) is 0 Å². The molecule has 3 N–H and O–H groups in total. The van der Waals surface area contributed by atoms with E-state index in [9.17, 15) is 14.4 Å². The van der Waals surface area contributed by atoms with Gasteiger partial charge in [-0.25, -0.2) is 14.8 Å². The molecule has 1 amide bonds. The molecule has 3 fully saturated rings. The van der Waals surface area contributed by atoms with Gasteiger partial charge in [-0.05, 0) is 70.8 Å². The number of nitriles is 1. The van der Waals surface area contributed by atoms with Crippen molar-refractivity contribution in [1.82, 2.24) is 39.5 Å². The fourth-order valence-electron chi connectivity index (χ4n) is 10.8. The number of nitrogens with zero attached hydrogens (tertiary/aromatic N) is 10. The van der Waals surface area contributed by atoms with Crippen LogP contribution in [0.2, 0.25) is 0 Å². The number of nitrogen functional groups attached to an aromatic ring is 1. The van der Waals surface area contributed by atoms with E-state index in [1.54, 1.807) is 13.0 Å². The van der Waals surface area contributed by atoms with Crippen LogP contribution in [0.25, 0.3) is 11.4 Å². The minimum absolute atomic E-state index is 0.0406. The van der Waals surface area contributed by atoms with Gasteiger partial charge >= 0.3 is 12.2 Å². The van der Waals surface area contributed by atoms with Crippen LogP contribution in [-0.4, -0.2) is 96.3 Å². The number of fused-ring (bicyclic) bond motifs is 4. The number of piperazine rings is 1. The van der Waals surface area contributed by atoms with Gasteiger partial charge in [-0.3, -0.25) is 9.25 Å². The summed E-state index contributed by atoms with van der Waals surface area (Å²) >= 11 is 1.49. The molecule has 2 spiro atoms. The second-order valence-electron chi connectivity index (χ2n) is 16.1. The van der Waals surface area contributed by atoms with Crippen molar-refractivity contribution in [2.75, 3.05) is 41.7 Å². The molecule has 2 aliphatic carbocycles. The molecule has 9 rings (SSSR count). The van der Waals surface area contributed by atoms with Crippen LogP contribution in [0.4, 0.5) is 39.1 Å². The molecule has 296 valence electrons. The van der Waals surface area contributed by atoms with Gasteiger partial charge in [0.15, 0.2) is 0 Å². The van der Waals surface area contributed by atoms with Crippen LogP contribution < -0.4 is 20.9 Å². The van der Waals surface area contributed by atoms with E-state index in [0.29, 0.717) is 66.8 Å². The molecule has 5 atom stereocenters. The number of likely N-dealkylation sites (tertiary alicyclic amines) is 1. The molecule has 4 aromatic rings. The number of alkyl halides is 3. The van der Waals surface area contributed by atoms with Gasteiger partial charge in [-0.1, -0.05) is 0 Å². The first-order valence-corrected chi connectivity index (χ1v) is 20.2. The summed E-state index contributed by atoms with van der Waals surface area (Å²) in [5.74, 6) is -0.422. The highest BCUT2D eigenvalue weighted by Gasteiger charge is 2.63. The number of carbonyl (C=O) groups excluding carboxylic acids is 1. The maximum atomic E-state index is 15.4. The summed E-state index contributed by atoms with van der Waals surface area (Å²) in [5, 5.41) is 19.3. The maximum Gasteiger partial charge on any atom is 0.408 e. The van der Waals surface area contributed by atoms with E-state index in [2.05, 4.69) is 16.4 Å². The van der Waals surface area contributed by atoms with E-state index in [1.807, 2.05) is 23.6 Å². The van der Waals surface area contributed by atoms with Gasteiger partial charge in [0.1, 0.15) is 35.0 Å². The number of nitrogens with two attached hydrogens (primary N) is 1. The predicted octanol–water partition coefficient (Wildman–Crippen LogP) is 5.52. The number of anilines is 3. The van der Waals surface area contributed by atoms with Crippen LogP contribution in [0.5, 0.6) is 0 Å². The zero-order chi connectivity index (χ0) is 39.3. The minimum Gasteiger partial charge on any atom is -0.389 e. The number of amides is 1. The molecule has 4 aromatic heterocycles. The Morgan fingerprint density at radius 3 is 2.62 bits per heavy atom. The van der Waals surface area contributed by atoms with E-state index < -0.39 is 41.2 Å². The molecular formula is C38H44F4N12OS. The largest absolute Gasteiger partial charge is 0.408 e. The summed E-state index contributed by atoms with van der Waals surface area (Å²) in [6.45, 7) is 5.85. The standard InChI is InChI=1S/C38H44F4N12OS/c1-21-18-45-12-14-52(21)34-47-25(31-23-7-4-9-36(32(23)50(3)49-31)10-5-8-26-30(36)24(17-43)33(44)56-26)15-29(48-34)54-22(2)37(16-27(54)38(40,41)42)11-6-13-53(37)35(55)51-19-28(39)46-20-51/h15,19-22,27,45H,4-14,16,18,44H2,1-3H3/t21-,22?,27?,36-,37?/m0/s1. The number of hydrogen-bond donors (Lipinski definition) is 2. The lowest BCUT2D eigenvalue weighted by Gasteiger charge is -2.41. The van der Waals surface area contributed by atoms with Crippen molar-refractivity contribution in [1.29, 1.82) is 5.26 Å². The molecule has 3 unspecified atom stereocenters. The van der Waals surface area contributed by atoms with Gasteiger partial charge in [0, 0.05) is 67.6 Å². The van der Waals surface area contributed by atoms with Gasteiger partial charge in [0.2, 0.25) is 11.9 Å². The highest BCUT2D eigenvalue weighted by Crippen LogP contribution is 2.56. The minimum atomic E-state index is -4.67. The molecule has 3 aliphatic heterocycles. The third-order valence-electron chi connectivity index (χ3n) is 13.2. The Balaban J connectivity index is 1.20. The Labute approximate surface area is 325 Å². The second kappa shape index (κ2) is 13.2. The van der Waals surface area contributed by atoms with Gasteiger partial charge < -0.3 is 25.8 Å². The Morgan fingerprint density at radius 1 is 1.12 bits per heavy atom. The van der Waals surface area contributed by atoms with Gasteiger partial charge in [0.25, 0.3) is 0 Å². The first-order chi connectivity index (χ1) is 26.8. The van der Waals surface area contributed by atoms with E-state index in [1.165, 1.54) is 21.1 Å². The van der Waals surface area contributed by atoms with Crippen LogP contribution >= 0.6 is 11.3 Å². The fourth-order valence-corrected chi connectivity index (χ4v) is 12.0. The van der Waals surface area contributed by atoms with E-state index >= 15 is 13.2 Å². The Morgan fingerprint density at radius 2 is 1.91 bits per heavy atom. The zero-order valence-electron chi connectivity index (χ0n) is 31.5. The highest BCUT2D eigenvalue weighted by atomic mass is 32.1. The van der Waals surface area contributed by atoms with Crippen molar-refractivity contribution in [3.8, 4) is 17.5 Å². The molecular weight excluding hydrogens is 749 g/mol. The normalized spacial score (nSPS) is 27.6. The maximum absolute atomic E-state index is 15.4. The predicted molar refractivity (Wildman–Crippen MR) is 202 cm³/mol. The Hall–Kier alpha value is -4.76. The number of carbonyl (C=O) groups is 1. The van der Waals surface area contributed by atoms with Gasteiger partial charge in [-0.2, -0.15) is 32.9 Å².